The number of halogens is 2. The number of unbranched alkanes of at least 4 members (excludes halogenated alkanes) is 3. The molecule has 0 saturated carbocycles. The minimum Gasteiger partial charge on any atom is -0.477 e. The van der Waals surface area contributed by atoms with Gasteiger partial charge < -0.3 is 61.5 Å². The Balaban J connectivity index is 0.784. The number of fused-ring (bicyclic) bond motifs is 6. The van der Waals surface area contributed by atoms with E-state index in [1.165, 1.54) is 12.4 Å². The monoisotopic (exact) mass is 970 g/mol. The van der Waals surface area contributed by atoms with Gasteiger partial charge in [0.2, 0.25) is 22.8 Å². The molecular weight excluding hydrogens is 911 g/mol. The van der Waals surface area contributed by atoms with E-state index in [1.54, 1.807) is 9.13 Å². The Morgan fingerprint density at radius 2 is 1.16 bits per heavy atom. The topological polar surface area (TPSA) is 300 Å². The number of carbonyl (C=O) groups excluding carboxylic acids is 1. The minimum absolute atomic E-state index is 0.00994. The van der Waals surface area contributed by atoms with E-state index in [0.29, 0.717) is 52.1 Å². The molecule has 0 amide bonds. The number of ether oxygens (including phenoxy) is 1. The van der Waals surface area contributed by atoms with Crippen molar-refractivity contribution in [2.45, 2.75) is 115 Å². The standard InChI is InChI=1S/C46H60F2N16O6/c1-45(2,3)63-21-30(40(68)69)34(66)28-15-31(47)38(55-36(28)63)59-17-26-13-24(59)19-61(26)43(51)57-41(49)53-11-9-7-8-10-12-54-42(50)58-44(52)62-20-25-14-27(62)18-60(25)39-32(48)16-29-35(67)33(70-23-65)22-64(37(29)56-39)46(4,5)6/h15-16,21-27H,7-14,17-20H2,1-6H3,(H,68,69)(H4,49,51,53,57)(H4,50,52,54,58)/t24?,25?,26-,27+/m1/s1. The third kappa shape index (κ3) is 9.49. The van der Waals surface area contributed by atoms with E-state index in [2.05, 4.69) is 29.9 Å². The number of aromatic nitrogens is 4. The predicted molar refractivity (Wildman–Crippen MR) is 263 cm³/mol. The Morgan fingerprint density at radius 1 is 0.714 bits per heavy atom. The van der Waals surface area contributed by atoms with Crippen LogP contribution in [0.4, 0.5) is 20.4 Å². The predicted octanol–water partition coefficient (Wildman–Crippen LogP) is 2.17. The Morgan fingerprint density at radius 3 is 1.56 bits per heavy atom. The highest BCUT2D eigenvalue weighted by atomic mass is 19.1. The summed E-state index contributed by atoms with van der Waals surface area (Å²) < 4.78 is 39.5. The van der Waals surface area contributed by atoms with Crippen LogP contribution in [0.2, 0.25) is 0 Å². The molecular formula is C46H60F2N16O6. The summed E-state index contributed by atoms with van der Waals surface area (Å²) in [5.74, 6) is -2.20. The zero-order valence-corrected chi connectivity index (χ0v) is 40.1. The fraction of sp³-hybridized carbons (Fsp3) is 0.522. The molecule has 4 aliphatic rings. The van der Waals surface area contributed by atoms with Crippen molar-refractivity contribution in [1.29, 1.82) is 0 Å². The van der Waals surface area contributed by atoms with Gasteiger partial charge in [0.15, 0.2) is 40.9 Å². The van der Waals surface area contributed by atoms with E-state index in [0.717, 1.165) is 37.8 Å². The lowest BCUT2D eigenvalue weighted by Gasteiger charge is -2.35. The van der Waals surface area contributed by atoms with Crippen LogP contribution in [0.15, 0.2) is 54.1 Å². The number of likely N-dealkylation sites (tertiary alicyclic amines) is 2. The van der Waals surface area contributed by atoms with Gasteiger partial charge in [-0.3, -0.25) is 24.4 Å². The lowest BCUT2D eigenvalue weighted by molar-refractivity contribution is -0.120. The van der Waals surface area contributed by atoms with Crippen molar-refractivity contribution in [1.82, 2.24) is 28.9 Å². The highest BCUT2D eigenvalue weighted by Crippen LogP contribution is 2.38. The molecule has 9 N–H and O–H groups in total. The highest BCUT2D eigenvalue weighted by Gasteiger charge is 2.47. The highest BCUT2D eigenvalue weighted by molar-refractivity contribution is 5.95. The number of aromatic carboxylic acids is 1. The first-order chi connectivity index (χ1) is 33.0. The van der Waals surface area contributed by atoms with Crippen LogP contribution in [-0.2, 0) is 15.9 Å². The average Bonchev–Trinajstić information content (AvgIpc) is 4.10. The minimum atomic E-state index is -1.39. The van der Waals surface area contributed by atoms with Crippen LogP contribution in [-0.4, -0.2) is 134 Å². The van der Waals surface area contributed by atoms with Crippen molar-refractivity contribution in [2.24, 2.45) is 42.9 Å². The molecule has 2 unspecified atom stereocenters. The maximum Gasteiger partial charge on any atom is 0.341 e. The maximum atomic E-state index is 15.7. The van der Waals surface area contributed by atoms with Gasteiger partial charge in [-0.05, 0) is 79.4 Å². The largest absolute Gasteiger partial charge is 0.477 e. The number of nitrogens with two attached hydrogens (primary N) is 4. The molecule has 4 aromatic heterocycles. The lowest BCUT2D eigenvalue weighted by atomic mass is 10.1. The van der Waals surface area contributed by atoms with Crippen LogP contribution in [0.1, 0.15) is 90.4 Å². The number of hydrogen-bond donors (Lipinski definition) is 5. The lowest BCUT2D eigenvalue weighted by Crippen LogP contribution is -2.52. The van der Waals surface area contributed by atoms with Gasteiger partial charge in [0, 0.05) is 56.5 Å². The number of piperazine rings is 2. The van der Waals surface area contributed by atoms with Crippen LogP contribution >= 0.6 is 0 Å². The van der Waals surface area contributed by atoms with Crippen LogP contribution in [0.25, 0.3) is 22.1 Å². The summed E-state index contributed by atoms with van der Waals surface area (Å²) >= 11 is 0. The number of aliphatic imine (C=N–C) groups is 4. The number of carboxylic acids is 1. The molecule has 8 rings (SSSR count). The van der Waals surface area contributed by atoms with Gasteiger partial charge in [-0.25, -0.2) is 23.5 Å². The molecule has 0 radical (unpaired) electrons. The van der Waals surface area contributed by atoms with E-state index in [1.807, 2.05) is 61.1 Å². The third-order valence-electron chi connectivity index (χ3n) is 13.3. The van der Waals surface area contributed by atoms with Crippen molar-refractivity contribution >= 4 is 70.0 Å². The molecule has 4 fully saturated rings. The second kappa shape index (κ2) is 18.8. The maximum absolute atomic E-state index is 15.7. The van der Waals surface area contributed by atoms with Crippen molar-refractivity contribution in [3.63, 3.8) is 0 Å². The Bertz CT molecular complexity index is 2990. The second-order valence-corrected chi connectivity index (χ2v) is 20.2. The third-order valence-corrected chi connectivity index (χ3v) is 13.3. The van der Waals surface area contributed by atoms with Gasteiger partial charge in [-0.1, -0.05) is 12.8 Å². The Labute approximate surface area is 401 Å². The molecule has 374 valence electrons. The van der Waals surface area contributed by atoms with Crippen molar-refractivity contribution in [2.75, 3.05) is 49.1 Å². The quantitative estimate of drug-likeness (QED) is 0.0588. The number of carboxylic acid groups (broad SMARTS) is 1. The van der Waals surface area contributed by atoms with Gasteiger partial charge in [-0.15, -0.1) is 0 Å². The normalized spacial score (nSPS) is 21.0. The summed E-state index contributed by atoms with van der Waals surface area (Å²) in [5, 5.41) is 9.54. The summed E-state index contributed by atoms with van der Waals surface area (Å²) in [6, 6.07) is 1.81. The zero-order chi connectivity index (χ0) is 50.6. The van der Waals surface area contributed by atoms with Crippen molar-refractivity contribution in [3.8, 4) is 5.75 Å². The summed E-state index contributed by atoms with van der Waals surface area (Å²) in [4.78, 5) is 83.2. The van der Waals surface area contributed by atoms with Crippen LogP contribution < -0.4 is 48.3 Å². The summed E-state index contributed by atoms with van der Waals surface area (Å²) in [6.07, 6.45) is 7.30. The number of hydrogen-bond acceptors (Lipinski definition) is 11. The van der Waals surface area contributed by atoms with Gasteiger partial charge in [-0.2, -0.15) is 9.98 Å². The van der Waals surface area contributed by atoms with Gasteiger partial charge >= 0.3 is 5.97 Å². The second-order valence-electron chi connectivity index (χ2n) is 20.2. The Kier molecular flexibility index (Phi) is 13.2. The van der Waals surface area contributed by atoms with E-state index in [9.17, 15) is 24.3 Å². The van der Waals surface area contributed by atoms with E-state index in [4.69, 9.17) is 27.7 Å². The fourth-order valence-corrected chi connectivity index (χ4v) is 9.93. The molecule has 22 nitrogen and oxygen atoms in total. The number of guanidine groups is 4. The Hall–Kier alpha value is -7.40. The first kappa shape index (κ1) is 49.0. The number of nitrogens with zero attached hydrogens (tertiary/aromatic N) is 12. The fourth-order valence-electron chi connectivity index (χ4n) is 9.93. The smallest absolute Gasteiger partial charge is 0.341 e. The van der Waals surface area contributed by atoms with E-state index >= 15 is 8.78 Å². The van der Waals surface area contributed by atoms with Gasteiger partial charge in [0.1, 0.15) is 16.9 Å². The molecule has 4 aromatic rings. The zero-order valence-electron chi connectivity index (χ0n) is 40.1. The number of rotatable bonds is 12. The van der Waals surface area contributed by atoms with E-state index in [-0.39, 0.29) is 93.9 Å². The molecule has 24 heteroatoms. The molecule has 8 heterocycles. The summed E-state index contributed by atoms with van der Waals surface area (Å²) in [5.41, 5.74) is 22.5. The average molecular weight is 971 g/mol. The van der Waals surface area contributed by atoms with E-state index < -0.39 is 45.1 Å². The van der Waals surface area contributed by atoms with Crippen LogP contribution in [0.3, 0.4) is 0 Å². The number of pyridine rings is 4. The molecule has 4 saturated heterocycles. The molecule has 0 spiro atoms. The molecule has 0 aromatic carbocycles. The van der Waals surface area contributed by atoms with Gasteiger partial charge in [0.25, 0.3) is 6.47 Å². The van der Waals surface area contributed by atoms with Crippen molar-refractivity contribution in [3.05, 3.63) is 62.2 Å². The first-order valence-electron chi connectivity index (χ1n) is 23.3. The number of anilines is 2. The van der Waals surface area contributed by atoms with Crippen molar-refractivity contribution < 1.29 is 28.2 Å². The SMILES string of the molecule is CC(C)(C)n1cc(OC=O)c(=O)c2cc(F)c(N3C[C@@H]4CC3CN4/C(N)=N/C(N)=NCCCCCCN=C(N)/N=C(\N)N3CC4C[C@@H]3CN4c3nc4c(cc3F)c(=O)c(C(=O)O)cn4C(C)(C)C)nc21. The summed E-state index contributed by atoms with van der Waals surface area (Å²) in [7, 11) is 0. The molecule has 0 aliphatic carbocycles. The molecule has 4 bridgehead atoms. The first-order valence-corrected chi connectivity index (χ1v) is 23.3. The summed E-state index contributed by atoms with van der Waals surface area (Å²) in [6.45, 7) is 14.1. The van der Waals surface area contributed by atoms with Gasteiger partial charge in [0.05, 0.1) is 41.1 Å². The van der Waals surface area contributed by atoms with Crippen LogP contribution in [0.5, 0.6) is 5.75 Å². The molecule has 70 heavy (non-hydrogen) atoms. The molecule has 4 aliphatic heterocycles. The molecule has 4 atom stereocenters. The van der Waals surface area contributed by atoms with Crippen LogP contribution in [0, 0.1) is 11.6 Å². The number of carbonyl (C=O) groups is 2.